The van der Waals surface area contributed by atoms with Gasteiger partial charge in [0.1, 0.15) is 0 Å². The van der Waals surface area contributed by atoms with Crippen LogP contribution in [-0.2, 0) is 30.2 Å². The first kappa shape index (κ1) is 29.0. The SMILES string of the molecule is CC(C)(C)P(Cc1cccc(CP(C(C)(C)C)C(C)(C)C)c1)C(C)(C)C.[Cl][IrH]. The number of benzene rings is 1. The Morgan fingerprint density at radius 3 is 1.07 bits per heavy atom. The van der Waals surface area contributed by atoms with E-state index in [0.717, 1.165) is 0 Å². The number of hydrogen-bond acceptors (Lipinski definition) is 0. The zero-order valence-electron chi connectivity index (χ0n) is 20.3. The Kier molecular flexibility index (Phi) is 11.5. The van der Waals surface area contributed by atoms with Crippen molar-refractivity contribution in [3.63, 3.8) is 0 Å². The second-order valence-electron chi connectivity index (χ2n) is 11.7. The van der Waals surface area contributed by atoms with Gasteiger partial charge in [0.15, 0.2) is 0 Å². The van der Waals surface area contributed by atoms with Crippen molar-refractivity contribution < 1.29 is 17.9 Å². The molecule has 0 atom stereocenters. The van der Waals surface area contributed by atoms with Crippen molar-refractivity contribution >= 4 is 25.4 Å². The Labute approximate surface area is 194 Å². The molecule has 0 heterocycles. The van der Waals surface area contributed by atoms with Crippen LogP contribution < -0.4 is 0 Å². The van der Waals surface area contributed by atoms with Crippen molar-refractivity contribution in [3.05, 3.63) is 35.4 Å². The molecule has 167 valence electrons. The molecule has 0 aliphatic heterocycles. The first-order valence-electron chi connectivity index (χ1n) is 10.2. The summed E-state index contributed by atoms with van der Waals surface area (Å²) in [5, 5.41) is 1.53. The summed E-state index contributed by atoms with van der Waals surface area (Å²) in [6.45, 7) is 29.1. The van der Waals surface area contributed by atoms with Gasteiger partial charge in [0.05, 0.1) is 0 Å². The van der Waals surface area contributed by atoms with Gasteiger partial charge in [-0.3, -0.25) is 0 Å². The van der Waals surface area contributed by atoms with E-state index in [1.165, 1.54) is 41.3 Å². The fourth-order valence-corrected chi connectivity index (χ4v) is 11.2. The summed E-state index contributed by atoms with van der Waals surface area (Å²) in [6.07, 6.45) is 2.47. The maximum atomic E-state index is 4.67. The van der Waals surface area contributed by atoms with Crippen molar-refractivity contribution in [1.29, 1.82) is 0 Å². The number of hydrogen-bond donors (Lipinski definition) is 0. The van der Waals surface area contributed by atoms with Gasteiger partial charge in [-0.05, 0) is 44.1 Å². The van der Waals surface area contributed by atoms with E-state index in [2.05, 4.69) is 117 Å². The topological polar surface area (TPSA) is 0 Å². The van der Waals surface area contributed by atoms with Gasteiger partial charge in [0.25, 0.3) is 0 Å². The summed E-state index contributed by atoms with van der Waals surface area (Å²) in [5.41, 5.74) is 3.08. The molecule has 0 amide bonds. The molecule has 0 radical (unpaired) electrons. The molecule has 0 spiro atoms. The third kappa shape index (κ3) is 9.88. The van der Waals surface area contributed by atoms with Crippen LogP contribution in [-0.4, -0.2) is 20.6 Å². The Morgan fingerprint density at radius 1 is 0.607 bits per heavy atom. The third-order valence-electron chi connectivity index (χ3n) is 4.91. The minimum absolute atomic E-state index is 0.0916. The van der Waals surface area contributed by atoms with E-state index in [0.29, 0.717) is 20.6 Å². The monoisotopic (exact) mass is 623 g/mol. The summed E-state index contributed by atoms with van der Waals surface area (Å²) < 4.78 is 0. The minimum atomic E-state index is -0.0916. The molecule has 0 aliphatic rings. The molecule has 0 nitrogen and oxygen atoms in total. The average molecular weight is 623 g/mol. The van der Waals surface area contributed by atoms with E-state index >= 15 is 0 Å². The molecular weight excluding hydrogens is 578 g/mol. The molecule has 0 saturated heterocycles. The zero-order valence-corrected chi connectivity index (χ0v) is 25.4. The second kappa shape index (κ2) is 11.1. The van der Waals surface area contributed by atoms with Gasteiger partial charge in [-0.25, -0.2) is 0 Å². The molecule has 0 bridgehead atoms. The fraction of sp³-hybridized carbons (Fsp3) is 0.750. The fourth-order valence-electron chi connectivity index (χ4n) is 4.15. The zero-order chi connectivity index (χ0) is 22.6. The third-order valence-corrected chi connectivity index (χ3v) is 12.8. The molecule has 0 aliphatic carbocycles. The van der Waals surface area contributed by atoms with Crippen molar-refractivity contribution in [2.75, 3.05) is 0 Å². The van der Waals surface area contributed by atoms with Crippen LogP contribution >= 0.6 is 25.4 Å². The molecule has 1 aromatic rings. The normalized spacial score (nSPS) is 13.6. The van der Waals surface area contributed by atoms with E-state index in [4.69, 9.17) is 0 Å². The van der Waals surface area contributed by atoms with Crippen LogP contribution in [0.15, 0.2) is 24.3 Å². The summed E-state index contributed by atoms with van der Waals surface area (Å²) in [6, 6.07) is 9.52. The summed E-state index contributed by atoms with van der Waals surface area (Å²) in [5.74, 6) is 0. The standard InChI is InChI=1S/C24H44P2.ClH.Ir.H/c1-21(2,3)25(22(4,5)6)17-19-14-13-15-20(16-19)18-26(23(7,8)9)24(10,11)12;;;/h13-16H,17-18H2,1-12H3;1H;;/q;;+1;/p-1. The van der Waals surface area contributed by atoms with Gasteiger partial charge in [-0.15, -0.1) is 0 Å². The molecule has 4 heteroatoms. The summed E-state index contributed by atoms with van der Waals surface area (Å²) >= 11 is 1.33. The van der Waals surface area contributed by atoms with Gasteiger partial charge < -0.3 is 0 Å². The number of rotatable bonds is 4. The Morgan fingerprint density at radius 2 is 0.857 bits per heavy atom. The predicted octanol–water partition coefficient (Wildman–Crippen LogP) is 9.26. The van der Waals surface area contributed by atoms with Crippen molar-refractivity contribution in [3.8, 4) is 0 Å². The van der Waals surface area contributed by atoms with Gasteiger partial charge in [0, 0.05) is 0 Å². The second-order valence-corrected chi connectivity index (χ2v) is 19.4. The predicted molar refractivity (Wildman–Crippen MR) is 134 cm³/mol. The van der Waals surface area contributed by atoms with Crippen LogP contribution in [0.4, 0.5) is 0 Å². The quantitative estimate of drug-likeness (QED) is 0.294. The molecule has 0 fully saturated rings. The van der Waals surface area contributed by atoms with Crippen LogP contribution in [0.5, 0.6) is 0 Å². The van der Waals surface area contributed by atoms with E-state index in [1.807, 2.05) is 0 Å². The maximum absolute atomic E-state index is 4.67. The van der Waals surface area contributed by atoms with Crippen LogP contribution in [0.3, 0.4) is 0 Å². The van der Waals surface area contributed by atoms with E-state index in [-0.39, 0.29) is 15.8 Å². The molecule has 1 rings (SSSR count). The van der Waals surface area contributed by atoms with Crippen molar-refractivity contribution in [2.24, 2.45) is 0 Å². The summed E-state index contributed by atoms with van der Waals surface area (Å²) in [4.78, 5) is 0. The first-order chi connectivity index (χ1) is 12.4. The van der Waals surface area contributed by atoms with Gasteiger partial charge in [-0.2, -0.15) is 0 Å². The average Bonchev–Trinajstić information content (AvgIpc) is 2.48. The Hall–Kier alpha value is 1.02. The van der Waals surface area contributed by atoms with Crippen LogP contribution in [0, 0.1) is 0 Å². The Balaban J connectivity index is 0.00000352. The Bertz CT molecular complexity index is 509. The molecule has 0 saturated carbocycles. The first-order valence-corrected chi connectivity index (χ1v) is 16.4. The van der Waals surface area contributed by atoms with Crippen LogP contribution in [0.1, 0.15) is 94.2 Å². The van der Waals surface area contributed by atoms with Crippen LogP contribution in [0.25, 0.3) is 0 Å². The molecule has 1 aromatic carbocycles. The molecule has 0 N–H and O–H groups in total. The molecular formula is C24H45ClIrP2. The molecule has 28 heavy (non-hydrogen) atoms. The van der Waals surface area contributed by atoms with Gasteiger partial charge in [-0.1, -0.05) is 123 Å². The van der Waals surface area contributed by atoms with Gasteiger partial charge in [0.2, 0.25) is 0 Å². The summed E-state index contributed by atoms with van der Waals surface area (Å²) in [7, 11) is 4.48. The van der Waals surface area contributed by atoms with Crippen molar-refractivity contribution in [1.82, 2.24) is 0 Å². The molecule has 0 unspecified atom stereocenters. The van der Waals surface area contributed by atoms with Gasteiger partial charge >= 0.3 is 27.5 Å². The van der Waals surface area contributed by atoms with E-state index < -0.39 is 0 Å². The molecule has 0 aromatic heterocycles. The van der Waals surface area contributed by atoms with E-state index in [9.17, 15) is 0 Å². The van der Waals surface area contributed by atoms with E-state index in [1.54, 1.807) is 0 Å². The van der Waals surface area contributed by atoms with Crippen molar-refractivity contribution in [2.45, 2.75) is 116 Å². The number of halogens is 1. The van der Waals surface area contributed by atoms with Crippen LogP contribution in [0.2, 0.25) is 0 Å².